The van der Waals surface area contributed by atoms with E-state index in [9.17, 15) is 0 Å². The first kappa shape index (κ1) is 6.38. The summed E-state index contributed by atoms with van der Waals surface area (Å²) in [6.45, 7) is 2.44. The molecule has 0 aromatic carbocycles. The fourth-order valence-electron chi connectivity index (χ4n) is 1.23. The Morgan fingerprint density at radius 3 is 3.00 bits per heavy atom. The normalized spacial score (nSPS) is 18.8. The second kappa shape index (κ2) is 2.72. The third-order valence-corrected chi connectivity index (χ3v) is 2.70. The zero-order valence-corrected chi connectivity index (χ0v) is 6.66. The monoisotopic (exact) mass is 153 g/mol. The molecule has 0 spiro atoms. The van der Waals surface area contributed by atoms with E-state index < -0.39 is 0 Å². The van der Waals surface area contributed by atoms with Gasteiger partial charge in [0, 0.05) is 0 Å². The number of hydrogen-bond acceptors (Lipinski definition) is 2. The van der Waals surface area contributed by atoms with E-state index in [-0.39, 0.29) is 0 Å². The van der Waals surface area contributed by atoms with Crippen LogP contribution < -0.4 is 5.32 Å². The molecular weight excluding hydrogens is 142 g/mol. The molecule has 0 atom stereocenters. The van der Waals surface area contributed by atoms with E-state index in [2.05, 4.69) is 22.1 Å². The van der Waals surface area contributed by atoms with Crippen molar-refractivity contribution in [1.29, 1.82) is 0 Å². The molecule has 0 bridgehead atoms. The second-order valence-corrected chi connectivity index (χ2v) is 3.64. The van der Waals surface area contributed by atoms with Gasteiger partial charge in [0.15, 0.2) is 0 Å². The molecule has 1 aliphatic heterocycles. The van der Waals surface area contributed by atoms with Crippen molar-refractivity contribution in [1.82, 2.24) is 5.32 Å². The van der Waals surface area contributed by atoms with Crippen molar-refractivity contribution in [3.63, 3.8) is 0 Å². The number of hydrogen-bond donors (Lipinski definition) is 1. The Morgan fingerprint density at radius 2 is 2.50 bits per heavy atom. The zero-order chi connectivity index (χ0) is 6.81. The van der Waals surface area contributed by atoms with E-state index in [0.29, 0.717) is 0 Å². The van der Waals surface area contributed by atoms with Crippen LogP contribution in [-0.4, -0.2) is 13.1 Å². The van der Waals surface area contributed by atoms with Gasteiger partial charge in [-0.3, -0.25) is 0 Å². The van der Waals surface area contributed by atoms with Crippen LogP contribution in [0.5, 0.6) is 0 Å². The molecule has 1 nitrogen and oxygen atoms in total. The van der Waals surface area contributed by atoms with Gasteiger partial charge in [-0.1, -0.05) is 0 Å². The first-order valence-corrected chi connectivity index (χ1v) is 4.61. The van der Waals surface area contributed by atoms with Crippen LogP contribution in [0.4, 0.5) is 0 Å². The largest absolute Gasteiger partial charge is 0.316 e. The first-order chi connectivity index (χ1) is 4.95. The minimum atomic E-state index is 0.912. The van der Waals surface area contributed by atoms with Gasteiger partial charge in [-0.25, -0.2) is 0 Å². The fourth-order valence-corrected chi connectivity index (χ4v) is 1.92. The molecule has 2 heteroatoms. The van der Waals surface area contributed by atoms with Crippen LogP contribution in [0.3, 0.4) is 0 Å². The summed E-state index contributed by atoms with van der Waals surface area (Å²) in [7, 11) is 0. The lowest BCUT2D eigenvalue weighted by Crippen LogP contribution is -2.42. The summed E-state index contributed by atoms with van der Waals surface area (Å²) in [5.74, 6) is 0.912. The van der Waals surface area contributed by atoms with E-state index in [1.165, 1.54) is 25.1 Å². The predicted octanol–water partition coefficient (Wildman–Crippen LogP) is 1.51. The molecule has 1 aromatic heterocycles. The molecule has 1 saturated heterocycles. The molecule has 1 aliphatic rings. The molecule has 0 aliphatic carbocycles. The summed E-state index contributed by atoms with van der Waals surface area (Å²) >= 11 is 1.80. The molecule has 1 aromatic rings. The minimum absolute atomic E-state index is 0.912. The van der Waals surface area contributed by atoms with Crippen LogP contribution in [0.1, 0.15) is 5.56 Å². The van der Waals surface area contributed by atoms with Crippen molar-refractivity contribution in [3.05, 3.63) is 22.4 Å². The molecule has 54 valence electrons. The highest BCUT2D eigenvalue weighted by Gasteiger charge is 2.16. The summed E-state index contributed by atoms with van der Waals surface area (Å²) in [6, 6.07) is 2.23. The van der Waals surface area contributed by atoms with Crippen LogP contribution in [0.25, 0.3) is 0 Å². The van der Waals surface area contributed by atoms with E-state index in [1.54, 1.807) is 11.3 Å². The van der Waals surface area contributed by atoms with Gasteiger partial charge in [-0.15, -0.1) is 0 Å². The molecule has 0 saturated carbocycles. The van der Waals surface area contributed by atoms with Gasteiger partial charge in [0.05, 0.1) is 0 Å². The van der Waals surface area contributed by atoms with Crippen LogP contribution in [0, 0.1) is 5.92 Å². The zero-order valence-electron chi connectivity index (χ0n) is 5.84. The van der Waals surface area contributed by atoms with E-state index in [4.69, 9.17) is 0 Å². The van der Waals surface area contributed by atoms with Gasteiger partial charge in [0.1, 0.15) is 0 Å². The lowest BCUT2D eigenvalue weighted by Gasteiger charge is -2.26. The van der Waals surface area contributed by atoms with Crippen molar-refractivity contribution in [2.45, 2.75) is 6.42 Å². The van der Waals surface area contributed by atoms with Crippen molar-refractivity contribution < 1.29 is 0 Å². The summed E-state index contributed by atoms with van der Waals surface area (Å²) in [6.07, 6.45) is 1.27. The van der Waals surface area contributed by atoms with Crippen LogP contribution in [0.2, 0.25) is 0 Å². The Hall–Kier alpha value is -0.340. The average Bonchev–Trinajstić information content (AvgIpc) is 2.29. The maximum absolute atomic E-state index is 3.28. The molecule has 2 rings (SSSR count). The smallest absolute Gasteiger partial charge is 0.000505 e. The van der Waals surface area contributed by atoms with Gasteiger partial charge in [-0.2, -0.15) is 11.3 Å². The highest BCUT2D eigenvalue weighted by molar-refractivity contribution is 7.07. The topological polar surface area (TPSA) is 12.0 Å². The Labute approximate surface area is 65.1 Å². The maximum Gasteiger partial charge on any atom is -0.000505 e. The van der Waals surface area contributed by atoms with Gasteiger partial charge >= 0.3 is 0 Å². The standard InChI is InChI=1S/C8H11NS/c1-2-10-6-7(1)3-8-4-9-5-8/h1-2,6,8-9H,3-5H2. The molecule has 0 amide bonds. The quantitative estimate of drug-likeness (QED) is 0.679. The Balaban J connectivity index is 1.90. The molecular formula is C8H11NS. The fraction of sp³-hybridized carbons (Fsp3) is 0.500. The molecule has 10 heavy (non-hydrogen) atoms. The second-order valence-electron chi connectivity index (χ2n) is 2.86. The molecule has 1 N–H and O–H groups in total. The number of rotatable bonds is 2. The van der Waals surface area contributed by atoms with E-state index >= 15 is 0 Å². The van der Waals surface area contributed by atoms with Crippen molar-refractivity contribution in [2.75, 3.05) is 13.1 Å². The van der Waals surface area contributed by atoms with Gasteiger partial charge in [-0.05, 0) is 47.8 Å². The highest BCUT2D eigenvalue weighted by Crippen LogP contribution is 2.14. The lowest BCUT2D eigenvalue weighted by atomic mass is 9.96. The Bertz CT molecular complexity index is 189. The van der Waals surface area contributed by atoms with E-state index in [0.717, 1.165) is 5.92 Å². The van der Waals surface area contributed by atoms with Crippen molar-refractivity contribution in [3.8, 4) is 0 Å². The van der Waals surface area contributed by atoms with E-state index in [1.807, 2.05) is 0 Å². The van der Waals surface area contributed by atoms with Crippen molar-refractivity contribution in [2.24, 2.45) is 5.92 Å². The third kappa shape index (κ3) is 1.22. The van der Waals surface area contributed by atoms with Gasteiger partial charge in [0.2, 0.25) is 0 Å². The molecule has 0 radical (unpaired) electrons. The third-order valence-electron chi connectivity index (χ3n) is 1.97. The minimum Gasteiger partial charge on any atom is -0.316 e. The van der Waals surface area contributed by atoms with Crippen LogP contribution >= 0.6 is 11.3 Å². The van der Waals surface area contributed by atoms with Crippen molar-refractivity contribution >= 4 is 11.3 Å². The summed E-state index contributed by atoms with van der Waals surface area (Å²) in [5, 5.41) is 7.68. The Morgan fingerprint density at radius 1 is 1.60 bits per heavy atom. The summed E-state index contributed by atoms with van der Waals surface area (Å²) in [5.41, 5.74) is 1.51. The SMILES string of the molecule is c1cc(CC2CNC2)cs1. The Kier molecular flexibility index (Phi) is 1.74. The maximum atomic E-state index is 3.28. The van der Waals surface area contributed by atoms with Gasteiger partial charge in [0.25, 0.3) is 0 Å². The van der Waals surface area contributed by atoms with Crippen LogP contribution in [-0.2, 0) is 6.42 Å². The lowest BCUT2D eigenvalue weighted by molar-refractivity contribution is 0.347. The molecule has 2 heterocycles. The predicted molar refractivity (Wildman–Crippen MR) is 44.4 cm³/mol. The number of nitrogens with one attached hydrogen (secondary N) is 1. The molecule has 0 unspecified atom stereocenters. The van der Waals surface area contributed by atoms with Crippen LogP contribution in [0.15, 0.2) is 16.8 Å². The highest BCUT2D eigenvalue weighted by atomic mass is 32.1. The van der Waals surface area contributed by atoms with Gasteiger partial charge < -0.3 is 5.32 Å². The number of thiophene rings is 1. The molecule has 1 fully saturated rings. The summed E-state index contributed by atoms with van der Waals surface area (Å²) < 4.78 is 0. The first-order valence-electron chi connectivity index (χ1n) is 3.67. The average molecular weight is 153 g/mol. The summed E-state index contributed by atoms with van der Waals surface area (Å²) in [4.78, 5) is 0.